The number of nitrogens with one attached hydrogen (secondary N) is 1. The van der Waals surface area contributed by atoms with E-state index in [2.05, 4.69) is 67.1 Å². The van der Waals surface area contributed by atoms with Crippen molar-refractivity contribution in [3.8, 4) is 5.75 Å². The minimum Gasteiger partial charge on any atom is -0.483 e. The van der Waals surface area contributed by atoms with Crippen molar-refractivity contribution in [2.24, 2.45) is 0 Å². The molecule has 0 saturated carbocycles. The van der Waals surface area contributed by atoms with Crippen molar-refractivity contribution < 1.29 is 9.53 Å². The fraction of sp³-hybridized carbons (Fsp3) is 0.370. The molecule has 1 atom stereocenters. The van der Waals surface area contributed by atoms with Crippen LogP contribution in [0.4, 0.5) is 0 Å². The van der Waals surface area contributed by atoms with Gasteiger partial charge < -0.3 is 10.1 Å². The number of rotatable bonds is 11. The predicted octanol–water partition coefficient (Wildman–Crippen LogP) is 5.35. The zero-order chi connectivity index (χ0) is 24.6. The average Bonchev–Trinajstić information content (AvgIpc) is 3.21. The van der Waals surface area contributed by atoms with Crippen LogP contribution in [-0.4, -0.2) is 33.0 Å². The molecule has 3 rings (SSSR count). The first kappa shape index (κ1) is 25.6. The van der Waals surface area contributed by atoms with Gasteiger partial charge in [0.1, 0.15) is 5.75 Å². The maximum Gasteiger partial charge on any atom is 0.230 e. The van der Waals surface area contributed by atoms with Gasteiger partial charge >= 0.3 is 0 Å². The number of hydrogen-bond donors (Lipinski definition) is 1. The highest BCUT2D eigenvalue weighted by molar-refractivity contribution is 7.99. The normalized spacial score (nSPS) is 12.2. The number of thioether (sulfide) groups is 1. The first-order valence-electron chi connectivity index (χ1n) is 11.5. The van der Waals surface area contributed by atoms with Gasteiger partial charge in [-0.3, -0.25) is 9.36 Å². The summed E-state index contributed by atoms with van der Waals surface area (Å²) in [4.78, 5) is 12.3. The van der Waals surface area contributed by atoms with Crippen molar-refractivity contribution in [3.63, 3.8) is 0 Å². The molecule has 0 radical (unpaired) electrons. The van der Waals surface area contributed by atoms with Crippen LogP contribution in [0.3, 0.4) is 0 Å². The third-order valence-corrected chi connectivity index (χ3v) is 6.33. The lowest BCUT2D eigenvalue weighted by Gasteiger charge is -2.20. The minimum absolute atomic E-state index is 0.0288. The molecule has 1 heterocycles. The Morgan fingerprint density at radius 3 is 2.50 bits per heavy atom. The van der Waals surface area contributed by atoms with Crippen LogP contribution in [-0.2, 0) is 23.2 Å². The number of hydrogen-bond acceptors (Lipinski definition) is 5. The number of allylic oxidation sites excluding steroid dienone is 1. The Kier molecular flexibility index (Phi) is 8.93. The van der Waals surface area contributed by atoms with E-state index >= 15 is 0 Å². The van der Waals surface area contributed by atoms with Gasteiger partial charge in [0.15, 0.2) is 17.1 Å². The summed E-state index contributed by atoms with van der Waals surface area (Å²) in [6.45, 7) is 13.5. The fourth-order valence-electron chi connectivity index (χ4n) is 3.47. The van der Waals surface area contributed by atoms with Crippen molar-refractivity contribution in [3.05, 3.63) is 84.2 Å². The molecule has 1 amide bonds. The van der Waals surface area contributed by atoms with Gasteiger partial charge in [-0.15, -0.1) is 16.8 Å². The second-order valence-electron chi connectivity index (χ2n) is 9.15. The molecule has 0 aliphatic carbocycles. The molecule has 3 aromatic rings. The standard InChI is InChI=1S/C27H34N4O2S/c1-6-18-31-25(20(2)33-23-14-12-22(13-15-23)27(3,4)5)29-30-26(31)34-19-24(32)28-17-16-21-10-8-7-9-11-21/h6-15,20H,1,16-19H2,2-5H3,(H,28,32). The Morgan fingerprint density at radius 1 is 1.15 bits per heavy atom. The molecule has 1 N–H and O–H groups in total. The quantitative estimate of drug-likeness (QED) is 0.297. The summed E-state index contributed by atoms with van der Waals surface area (Å²) in [5.41, 5.74) is 2.55. The van der Waals surface area contributed by atoms with Gasteiger partial charge in [0.05, 0.1) is 5.75 Å². The van der Waals surface area contributed by atoms with Crippen LogP contribution in [0.5, 0.6) is 5.75 Å². The summed E-state index contributed by atoms with van der Waals surface area (Å²) in [7, 11) is 0. The lowest BCUT2D eigenvalue weighted by molar-refractivity contribution is -0.118. The van der Waals surface area contributed by atoms with E-state index in [-0.39, 0.29) is 23.2 Å². The second-order valence-corrected chi connectivity index (χ2v) is 10.1. The molecule has 0 aliphatic heterocycles. The van der Waals surface area contributed by atoms with Gasteiger partial charge in [0.25, 0.3) is 0 Å². The largest absolute Gasteiger partial charge is 0.483 e. The first-order valence-corrected chi connectivity index (χ1v) is 12.5. The summed E-state index contributed by atoms with van der Waals surface area (Å²) in [6, 6.07) is 18.3. The van der Waals surface area contributed by atoms with E-state index in [1.807, 2.05) is 41.8 Å². The molecule has 1 unspecified atom stereocenters. The Labute approximate surface area is 206 Å². The maximum absolute atomic E-state index is 12.3. The highest BCUT2D eigenvalue weighted by Crippen LogP contribution is 2.28. The smallest absolute Gasteiger partial charge is 0.230 e. The van der Waals surface area contributed by atoms with Gasteiger partial charge in [-0.05, 0) is 42.0 Å². The Bertz CT molecular complexity index is 1070. The summed E-state index contributed by atoms with van der Waals surface area (Å²) < 4.78 is 8.09. The van der Waals surface area contributed by atoms with Crippen molar-refractivity contribution in [1.82, 2.24) is 20.1 Å². The third kappa shape index (κ3) is 7.22. The minimum atomic E-state index is -0.304. The van der Waals surface area contributed by atoms with Gasteiger partial charge in [0.2, 0.25) is 5.91 Å². The van der Waals surface area contributed by atoms with Gasteiger partial charge in [-0.2, -0.15) is 0 Å². The topological polar surface area (TPSA) is 69.0 Å². The summed E-state index contributed by atoms with van der Waals surface area (Å²) in [5.74, 6) is 1.72. The number of ether oxygens (including phenoxy) is 1. The third-order valence-electron chi connectivity index (χ3n) is 5.36. The van der Waals surface area contributed by atoms with E-state index in [0.29, 0.717) is 24.1 Å². The van der Waals surface area contributed by atoms with E-state index < -0.39 is 0 Å². The SMILES string of the molecule is C=CCn1c(SCC(=O)NCCc2ccccc2)nnc1C(C)Oc1ccc(C(C)(C)C)cc1. The van der Waals surface area contributed by atoms with Crippen LogP contribution in [0.2, 0.25) is 0 Å². The molecule has 0 aliphatic rings. The molecule has 6 nitrogen and oxygen atoms in total. The molecule has 34 heavy (non-hydrogen) atoms. The lowest BCUT2D eigenvalue weighted by Crippen LogP contribution is -2.27. The zero-order valence-electron chi connectivity index (χ0n) is 20.5. The van der Waals surface area contributed by atoms with E-state index in [1.54, 1.807) is 6.08 Å². The number of nitrogens with zero attached hydrogens (tertiary/aromatic N) is 3. The zero-order valence-corrected chi connectivity index (χ0v) is 21.3. The average molecular weight is 479 g/mol. The molecule has 0 bridgehead atoms. The van der Waals surface area contributed by atoms with E-state index in [0.717, 1.165) is 12.2 Å². The van der Waals surface area contributed by atoms with Gasteiger partial charge in [0, 0.05) is 13.1 Å². The van der Waals surface area contributed by atoms with Crippen molar-refractivity contribution in [2.75, 3.05) is 12.3 Å². The van der Waals surface area contributed by atoms with Crippen LogP contribution >= 0.6 is 11.8 Å². The summed E-state index contributed by atoms with van der Waals surface area (Å²) >= 11 is 1.36. The summed E-state index contributed by atoms with van der Waals surface area (Å²) in [5, 5.41) is 12.3. The van der Waals surface area contributed by atoms with Crippen molar-refractivity contribution in [1.29, 1.82) is 0 Å². The highest BCUT2D eigenvalue weighted by Gasteiger charge is 2.20. The first-order chi connectivity index (χ1) is 16.3. The molecule has 1 aromatic heterocycles. The number of carbonyl (C=O) groups is 1. The van der Waals surface area contributed by atoms with E-state index in [9.17, 15) is 4.79 Å². The van der Waals surface area contributed by atoms with E-state index in [1.165, 1.54) is 22.9 Å². The summed E-state index contributed by atoms with van der Waals surface area (Å²) in [6.07, 6.45) is 2.29. The number of carbonyl (C=O) groups excluding carboxylic acids is 1. The molecule has 0 spiro atoms. The molecule has 2 aromatic carbocycles. The Morgan fingerprint density at radius 2 is 1.85 bits per heavy atom. The molecular weight excluding hydrogens is 444 g/mol. The van der Waals surface area contributed by atoms with Gasteiger partial charge in [-0.1, -0.05) is 81.1 Å². The van der Waals surface area contributed by atoms with Crippen LogP contribution in [0.1, 0.15) is 50.8 Å². The van der Waals surface area contributed by atoms with Crippen LogP contribution in [0.15, 0.2) is 72.4 Å². The predicted molar refractivity (Wildman–Crippen MR) is 138 cm³/mol. The van der Waals surface area contributed by atoms with Crippen molar-refractivity contribution >= 4 is 17.7 Å². The monoisotopic (exact) mass is 478 g/mol. The van der Waals surface area contributed by atoms with Crippen LogP contribution < -0.4 is 10.1 Å². The second kappa shape index (κ2) is 11.9. The number of amides is 1. The molecule has 7 heteroatoms. The Balaban J connectivity index is 1.57. The molecule has 180 valence electrons. The Hall–Kier alpha value is -3.06. The lowest BCUT2D eigenvalue weighted by atomic mass is 9.87. The fourth-order valence-corrected chi connectivity index (χ4v) is 4.26. The van der Waals surface area contributed by atoms with Crippen LogP contribution in [0.25, 0.3) is 0 Å². The number of aromatic nitrogens is 3. The highest BCUT2D eigenvalue weighted by atomic mass is 32.2. The van der Waals surface area contributed by atoms with Gasteiger partial charge in [-0.25, -0.2) is 0 Å². The molecule has 0 saturated heterocycles. The molecule has 0 fully saturated rings. The maximum atomic E-state index is 12.3. The number of benzene rings is 2. The van der Waals surface area contributed by atoms with Crippen LogP contribution in [0, 0.1) is 0 Å². The molecular formula is C27H34N4O2S. The van der Waals surface area contributed by atoms with Crippen molar-refractivity contribution in [2.45, 2.75) is 57.3 Å². The van der Waals surface area contributed by atoms with E-state index in [4.69, 9.17) is 4.74 Å².